The van der Waals surface area contributed by atoms with Crippen LogP contribution in [0.1, 0.15) is 43.5 Å². The summed E-state index contributed by atoms with van der Waals surface area (Å²) in [4.78, 5) is 14.4. The van der Waals surface area contributed by atoms with Crippen LogP contribution in [0.4, 0.5) is 0 Å². The molecule has 100 valence electrons. The number of likely N-dealkylation sites (tertiary alicyclic amines) is 1. The first-order valence-electron chi connectivity index (χ1n) is 6.65. The summed E-state index contributed by atoms with van der Waals surface area (Å²) in [5.74, 6) is 0.0429. The molecule has 0 unspecified atom stereocenters. The average Bonchev–Trinajstić information content (AvgIpc) is 2.91. The highest BCUT2D eigenvalue weighted by molar-refractivity contribution is 7.08. The highest BCUT2D eigenvalue weighted by Gasteiger charge is 2.28. The van der Waals surface area contributed by atoms with Crippen molar-refractivity contribution in [1.29, 1.82) is 0 Å². The van der Waals surface area contributed by atoms with E-state index in [2.05, 4.69) is 24.1 Å². The Kier molecular flexibility index (Phi) is 4.40. The molecule has 1 aliphatic heterocycles. The van der Waals surface area contributed by atoms with E-state index in [1.165, 1.54) is 19.3 Å². The van der Waals surface area contributed by atoms with E-state index in [9.17, 15) is 4.79 Å². The molecule has 2 heterocycles. The second kappa shape index (κ2) is 5.85. The number of hydrogen-bond acceptors (Lipinski definition) is 3. The van der Waals surface area contributed by atoms with Crippen molar-refractivity contribution >= 4 is 17.2 Å². The summed E-state index contributed by atoms with van der Waals surface area (Å²) in [7, 11) is 0. The molecular formula is C14H22N2OS. The SMILES string of the molecule is CC(C)(CNC(=O)c1ccsc1)N1CCCCC1. The summed E-state index contributed by atoms with van der Waals surface area (Å²) >= 11 is 1.56. The highest BCUT2D eigenvalue weighted by atomic mass is 32.1. The Morgan fingerprint density at radius 1 is 1.39 bits per heavy atom. The molecule has 1 N–H and O–H groups in total. The molecule has 4 heteroatoms. The molecule has 2 rings (SSSR count). The van der Waals surface area contributed by atoms with Crippen LogP contribution in [0.15, 0.2) is 16.8 Å². The van der Waals surface area contributed by atoms with Gasteiger partial charge in [0.25, 0.3) is 5.91 Å². The Morgan fingerprint density at radius 3 is 2.72 bits per heavy atom. The first-order valence-corrected chi connectivity index (χ1v) is 7.59. The number of hydrogen-bond donors (Lipinski definition) is 1. The zero-order chi connectivity index (χ0) is 13.0. The fraction of sp³-hybridized carbons (Fsp3) is 0.643. The molecule has 1 aliphatic rings. The van der Waals surface area contributed by atoms with Gasteiger partial charge >= 0.3 is 0 Å². The Bertz CT molecular complexity index is 381. The topological polar surface area (TPSA) is 32.3 Å². The van der Waals surface area contributed by atoms with Gasteiger partial charge in [-0.2, -0.15) is 11.3 Å². The quantitative estimate of drug-likeness (QED) is 0.909. The minimum Gasteiger partial charge on any atom is -0.350 e. The van der Waals surface area contributed by atoms with Crippen LogP contribution in [-0.2, 0) is 0 Å². The molecule has 18 heavy (non-hydrogen) atoms. The van der Waals surface area contributed by atoms with E-state index in [0.717, 1.165) is 18.7 Å². The lowest BCUT2D eigenvalue weighted by Crippen LogP contribution is -2.53. The van der Waals surface area contributed by atoms with Crippen LogP contribution in [0.25, 0.3) is 0 Å². The maximum absolute atomic E-state index is 11.9. The van der Waals surface area contributed by atoms with Crippen LogP contribution in [-0.4, -0.2) is 36.0 Å². The molecule has 0 aromatic carbocycles. The molecule has 0 atom stereocenters. The molecule has 1 saturated heterocycles. The van der Waals surface area contributed by atoms with Gasteiger partial charge in [0.05, 0.1) is 0 Å². The predicted octanol–water partition coefficient (Wildman–Crippen LogP) is 2.74. The number of thiophene rings is 1. The lowest BCUT2D eigenvalue weighted by atomic mass is 9.98. The number of carbonyl (C=O) groups is 1. The summed E-state index contributed by atoms with van der Waals surface area (Å²) < 4.78 is 0. The summed E-state index contributed by atoms with van der Waals surface area (Å²) in [6.07, 6.45) is 3.90. The van der Waals surface area contributed by atoms with Crippen molar-refractivity contribution in [2.24, 2.45) is 0 Å². The van der Waals surface area contributed by atoms with Crippen molar-refractivity contribution in [3.8, 4) is 0 Å². The van der Waals surface area contributed by atoms with Gasteiger partial charge in [0.2, 0.25) is 0 Å². The van der Waals surface area contributed by atoms with E-state index < -0.39 is 0 Å². The van der Waals surface area contributed by atoms with Crippen molar-refractivity contribution in [2.75, 3.05) is 19.6 Å². The highest BCUT2D eigenvalue weighted by Crippen LogP contribution is 2.20. The first-order chi connectivity index (χ1) is 8.59. The van der Waals surface area contributed by atoms with E-state index in [1.807, 2.05) is 16.8 Å². The molecule has 1 fully saturated rings. The maximum atomic E-state index is 11.9. The predicted molar refractivity (Wildman–Crippen MR) is 76.2 cm³/mol. The number of carbonyl (C=O) groups excluding carboxylic acids is 1. The van der Waals surface area contributed by atoms with Crippen LogP contribution in [0.5, 0.6) is 0 Å². The molecule has 1 aromatic heterocycles. The van der Waals surface area contributed by atoms with Crippen molar-refractivity contribution in [3.63, 3.8) is 0 Å². The van der Waals surface area contributed by atoms with Crippen molar-refractivity contribution < 1.29 is 4.79 Å². The monoisotopic (exact) mass is 266 g/mol. The molecule has 3 nitrogen and oxygen atoms in total. The third kappa shape index (κ3) is 3.33. The fourth-order valence-electron chi connectivity index (χ4n) is 2.40. The van der Waals surface area contributed by atoms with E-state index in [0.29, 0.717) is 6.54 Å². The van der Waals surface area contributed by atoms with Crippen LogP contribution in [0.3, 0.4) is 0 Å². The van der Waals surface area contributed by atoms with Gasteiger partial charge in [-0.15, -0.1) is 0 Å². The standard InChI is InChI=1S/C14H22N2OS/c1-14(2,16-7-4-3-5-8-16)11-15-13(17)12-6-9-18-10-12/h6,9-10H,3-5,7-8,11H2,1-2H3,(H,15,17). The number of nitrogens with zero attached hydrogens (tertiary/aromatic N) is 1. The first kappa shape index (κ1) is 13.6. The van der Waals surface area contributed by atoms with E-state index in [4.69, 9.17) is 0 Å². The normalized spacial score (nSPS) is 17.7. The Hall–Kier alpha value is -0.870. The molecule has 0 aliphatic carbocycles. The van der Waals surface area contributed by atoms with Gasteiger partial charge < -0.3 is 5.32 Å². The second-order valence-electron chi connectivity index (χ2n) is 5.55. The van der Waals surface area contributed by atoms with Gasteiger partial charge in [-0.1, -0.05) is 6.42 Å². The average molecular weight is 266 g/mol. The largest absolute Gasteiger partial charge is 0.350 e. The van der Waals surface area contributed by atoms with Gasteiger partial charge in [-0.25, -0.2) is 0 Å². The van der Waals surface area contributed by atoms with E-state index >= 15 is 0 Å². The smallest absolute Gasteiger partial charge is 0.252 e. The van der Waals surface area contributed by atoms with Gasteiger partial charge in [0.1, 0.15) is 0 Å². The maximum Gasteiger partial charge on any atom is 0.252 e. The number of amides is 1. The van der Waals surface area contributed by atoms with E-state index in [-0.39, 0.29) is 11.4 Å². The molecule has 0 radical (unpaired) electrons. The Morgan fingerprint density at radius 2 is 2.11 bits per heavy atom. The van der Waals surface area contributed by atoms with Gasteiger partial charge in [-0.05, 0) is 51.2 Å². The zero-order valence-corrected chi connectivity index (χ0v) is 12.1. The second-order valence-corrected chi connectivity index (χ2v) is 6.33. The molecule has 1 aromatic rings. The molecule has 0 bridgehead atoms. The molecular weight excluding hydrogens is 244 g/mol. The van der Waals surface area contributed by atoms with Crippen LogP contribution in [0.2, 0.25) is 0 Å². The molecule has 0 saturated carbocycles. The summed E-state index contributed by atoms with van der Waals surface area (Å²) in [6.45, 7) is 7.45. The summed E-state index contributed by atoms with van der Waals surface area (Å²) in [5, 5.41) is 6.88. The zero-order valence-electron chi connectivity index (χ0n) is 11.2. The van der Waals surface area contributed by atoms with Crippen molar-refractivity contribution in [1.82, 2.24) is 10.2 Å². The van der Waals surface area contributed by atoms with Gasteiger partial charge in [-0.3, -0.25) is 9.69 Å². The van der Waals surface area contributed by atoms with Crippen LogP contribution < -0.4 is 5.32 Å². The number of piperidine rings is 1. The minimum atomic E-state index is 0.0429. The van der Waals surface area contributed by atoms with Crippen LogP contribution in [0, 0.1) is 0 Å². The van der Waals surface area contributed by atoms with Crippen molar-refractivity contribution in [2.45, 2.75) is 38.6 Å². The molecule has 1 amide bonds. The number of rotatable bonds is 4. The lowest BCUT2D eigenvalue weighted by Gasteiger charge is -2.41. The minimum absolute atomic E-state index is 0.0429. The third-order valence-electron chi connectivity index (χ3n) is 3.68. The Labute approximate surface area is 113 Å². The van der Waals surface area contributed by atoms with Gasteiger partial charge in [0.15, 0.2) is 0 Å². The summed E-state index contributed by atoms with van der Waals surface area (Å²) in [5.41, 5.74) is 0.820. The van der Waals surface area contributed by atoms with Crippen LogP contribution >= 0.6 is 11.3 Å². The number of nitrogens with one attached hydrogen (secondary N) is 1. The fourth-order valence-corrected chi connectivity index (χ4v) is 3.04. The van der Waals surface area contributed by atoms with Crippen molar-refractivity contribution in [3.05, 3.63) is 22.4 Å². The molecule has 0 spiro atoms. The third-order valence-corrected chi connectivity index (χ3v) is 4.36. The summed E-state index contributed by atoms with van der Waals surface area (Å²) in [6, 6.07) is 1.87. The van der Waals surface area contributed by atoms with Gasteiger partial charge in [0, 0.05) is 23.0 Å². The van der Waals surface area contributed by atoms with E-state index in [1.54, 1.807) is 11.3 Å². The lowest BCUT2D eigenvalue weighted by molar-refractivity contribution is 0.0798. The Balaban J connectivity index is 1.86.